The molecule has 1 aliphatic heterocycles. The Morgan fingerprint density at radius 1 is 0.895 bits per heavy atom. The van der Waals surface area contributed by atoms with Crippen molar-refractivity contribution in [2.45, 2.75) is 95.1 Å². The average molecular weight is 517 g/mol. The van der Waals surface area contributed by atoms with Crippen molar-refractivity contribution in [1.82, 2.24) is 10.2 Å². The summed E-state index contributed by atoms with van der Waals surface area (Å²) in [6.45, 7) is 3.58. The van der Waals surface area contributed by atoms with Crippen molar-refractivity contribution in [2.24, 2.45) is 17.8 Å². The van der Waals surface area contributed by atoms with Gasteiger partial charge in [-0.25, -0.2) is 0 Å². The van der Waals surface area contributed by atoms with Crippen molar-refractivity contribution in [1.29, 1.82) is 0 Å². The van der Waals surface area contributed by atoms with Gasteiger partial charge >= 0.3 is 5.97 Å². The first-order valence-corrected chi connectivity index (χ1v) is 15.5. The number of hydrogen-bond donors (Lipinski definition) is 2. The number of aryl methyl sites for hydroxylation is 1. The minimum absolute atomic E-state index is 0.288. The zero-order valence-electron chi connectivity index (χ0n) is 23.1. The van der Waals surface area contributed by atoms with E-state index in [1.165, 1.54) is 75.6 Å². The van der Waals surface area contributed by atoms with Crippen LogP contribution in [-0.2, 0) is 11.2 Å². The molecule has 2 unspecified atom stereocenters. The molecule has 1 saturated heterocycles. The van der Waals surface area contributed by atoms with Crippen LogP contribution in [-0.4, -0.2) is 47.7 Å². The lowest BCUT2D eigenvalue weighted by Gasteiger charge is -2.35. The van der Waals surface area contributed by atoms with Gasteiger partial charge < -0.3 is 15.3 Å². The van der Waals surface area contributed by atoms with Gasteiger partial charge in [0.2, 0.25) is 0 Å². The van der Waals surface area contributed by atoms with Crippen LogP contribution in [0, 0.1) is 17.8 Å². The van der Waals surface area contributed by atoms with Gasteiger partial charge in [0, 0.05) is 12.6 Å². The maximum absolute atomic E-state index is 12.3. The predicted octanol–water partition coefficient (Wildman–Crippen LogP) is 6.91. The molecule has 4 atom stereocenters. The number of carbonyl (C=O) groups is 1. The van der Waals surface area contributed by atoms with Gasteiger partial charge in [0.25, 0.3) is 0 Å². The fourth-order valence-electron chi connectivity index (χ4n) is 7.73. The topological polar surface area (TPSA) is 52.6 Å². The van der Waals surface area contributed by atoms with Gasteiger partial charge in [-0.2, -0.15) is 0 Å². The molecule has 4 heteroatoms. The van der Waals surface area contributed by atoms with Crippen molar-refractivity contribution in [3.05, 3.63) is 71.8 Å². The molecule has 0 radical (unpaired) electrons. The quantitative estimate of drug-likeness (QED) is 0.341. The van der Waals surface area contributed by atoms with Crippen LogP contribution < -0.4 is 5.32 Å². The highest BCUT2D eigenvalue weighted by Crippen LogP contribution is 2.41. The number of nitrogens with one attached hydrogen (secondary N) is 1. The molecule has 0 bridgehead atoms. The van der Waals surface area contributed by atoms with Crippen LogP contribution in [0.3, 0.4) is 0 Å². The minimum atomic E-state index is -0.647. The van der Waals surface area contributed by atoms with E-state index in [0.717, 1.165) is 38.1 Å². The van der Waals surface area contributed by atoms with Crippen molar-refractivity contribution < 1.29 is 9.90 Å². The Morgan fingerprint density at radius 2 is 1.58 bits per heavy atom. The summed E-state index contributed by atoms with van der Waals surface area (Å²) >= 11 is 0. The molecule has 0 aromatic heterocycles. The van der Waals surface area contributed by atoms with E-state index in [1.54, 1.807) is 0 Å². The number of aliphatic carboxylic acids is 1. The zero-order chi connectivity index (χ0) is 26.2. The number of piperidine rings is 1. The van der Waals surface area contributed by atoms with Crippen LogP contribution in [0.5, 0.6) is 0 Å². The summed E-state index contributed by atoms with van der Waals surface area (Å²) in [5.74, 6) is 1.61. The van der Waals surface area contributed by atoms with E-state index >= 15 is 0 Å². The molecule has 2 aliphatic carbocycles. The van der Waals surface area contributed by atoms with Gasteiger partial charge in [-0.05, 0) is 99.3 Å². The summed E-state index contributed by atoms with van der Waals surface area (Å²) in [7, 11) is 0. The number of carboxylic acids is 1. The molecular weight excluding hydrogens is 468 g/mol. The van der Waals surface area contributed by atoms with Crippen LogP contribution in [0.4, 0.5) is 0 Å². The fourth-order valence-corrected chi connectivity index (χ4v) is 7.73. The maximum Gasteiger partial charge on any atom is 0.320 e. The van der Waals surface area contributed by atoms with Crippen LogP contribution in [0.2, 0.25) is 0 Å². The Bertz CT molecular complexity index is 966. The Labute approximate surface area is 230 Å². The molecule has 4 nitrogen and oxygen atoms in total. The minimum Gasteiger partial charge on any atom is -0.480 e. The molecule has 206 valence electrons. The lowest BCUT2D eigenvalue weighted by atomic mass is 9.83. The number of rotatable bonds is 11. The number of likely N-dealkylation sites (tertiary alicyclic amines) is 1. The molecule has 1 heterocycles. The van der Waals surface area contributed by atoms with Gasteiger partial charge in [-0.15, -0.1) is 0 Å². The van der Waals surface area contributed by atoms with Crippen LogP contribution in [0.25, 0.3) is 0 Å². The molecule has 3 fully saturated rings. The third kappa shape index (κ3) is 7.48. The number of hydrogen-bond acceptors (Lipinski definition) is 3. The summed E-state index contributed by atoms with van der Waals surface area (Å²) in [6, 6.07) is 21.8. The number of carboxylic acid groups (broad SMARTS) is 1. The van der Waals surface area contributed by atoms with E-state index in [9.17, 15) is 9.90 Å². The largest absolute Gasteiger partial charge is 0.480 e. The SMILES string of the molecule is O=C(O)C(NC1C[C@H](CN2CCC(CCCc3ccccc3)CC2)[C@@H](c2ccccc2)C1)C1CCCCC1. The third-order valence-corrected chi connectivity index (χ3v) is 9.85. The fraction of sp³-hybridized carbons (Fsp3) is 0.618. The van der Waals surface area contributed by atoms with Gasteiger partial charge in [-0.1, -0.05) is 86.3 Å². The summed E-state index contributed by atoms with van der Waals surface area (Å²) in [4.78, 5) is 15.0. The van der Waals surface area contributed by atoms with Crippen LogP contribution in [0.1, 0.15) is 87.7 Å². The molecular formula is C34H48N2O2. The van der Waals surface area contributed by atoms with E-state index < -0.39 is 5.97 Å². The highest BCUT2D eigenvalue weighted by atomic mass is 16.4. The Kier molecular flexibility index (Phi) is 9.92. The van der Waals surface area contributed by atoms with E-state index in [1.807, 2.05) is 0 Å². The van der Waals surface area contributed by atoms with Crippen molar-refractivity contribution >= 4 is 5.97 Å². The average Bonchev–Trinajstić information content (AvgIpc) is 3.36. The first-order valence-electron chi connectivity index (χ1n) is 15.5. The van der Waals surface area contributed by atoms with E-state index in [4.69, 9.17) is 0 Å². The normalized spacial score (nSPS) is 26.4. The second-order valence-electron chi connectivity index (χ2n) is 12.4. The highest BCUT2D eigenvalue weighted by molar-refractivity contribution is 5.74. The molecule has 2 aromatic carbocycles. The Morgan fingerprint density at radius 3 is 2.26 bits per heavy atom. The van der Waals surface area contributed by atoms with Gasteiger partial charge in [0.15, 0.2) is 0 Å². The van der Waals surface area contributed by atoms with Gasteiger partial charge in [0.1, 0.15) is 6.04 Å². The highest BCUT2D eigenvalue weighted by Gasteiger charge is 2.39. The summed E-state index contributed by atoms with van der Waals surface area (Å²) in [6.07, 6.45) is 14.4. The first-order chi connectivity index (χ1) is 18.7. The standard InChI is InChI=1S/C34H48N2O2/c37-34(38)33(29-17-8-3-9-18-29)35-31-23-30(32(24-31)28-15-6-2-7-16-28)25-36-21-19-27(20-22-36)14-10-13-26-11-4-1-5-12-26/h1-2,4-7,11-12,15-16,27,29-33,35H,3,8-10,13-14,17-25H2,(H,37,38)/t30-,31?,32-,33?/m1/s1. The molecule has 5 rings (SSSR count). The lowest BCUT2D eigenvalue weighted by molar-refractivity contribution is -0.141. The molecule has 3 aliphatic rings. The summed E-state index contributed by atoms with van der Waals surface area (Å²) in [5.41, 5.74) is 2.90. The Hall–Kier alpha value is -2.17. The lowest BCUT2D eigenvalue weighted by Crippen LogP contribution is -2.48. The molecule has 2 aromatic rings. The summed E-state index contributed by atoms with van der Waals surface area (Å²) in [5, 5.41) is 13.8. The van der Waals surface area contributed by atoms with E-state index in [0.29, 0.717) is 17.9 Å². The smallest absolute Gasteiger partial charge is 0.320 e. The van der Waals surface area contributed by atoms with Crippen LogP contribution in [0.15, 0.2) is 60.7 Å². The predicted molar refractivity (Wildman–Crippen MR) is 155 cm³/mol. The molecule has 0 spiro atoms. The van der Waals surface area contributed by atoms with Crippen molar-refractivity contribution in [3.8, 4) is 0 Å². The van der Waals surface area contributed by atoms with Crippen LogP contribution >= 0.6 is 0 Å². The maximum atomic E-state index is 12.3. The second-order valence-corrected chi connectivity index (χ2v) is 12.4. The molecule has 2 saturated carbocycles. The second kappa shape index (κ2) is 13.8. The molecule has 38 heavy (non-hydrogen) atoms. The molecule has 0 amide bonds. The van der Waals surface area contributed by atoms with Gasteiger partial charge in [-0.3, -0.25) is 4.79 Å². The third-order valence-electron chi connectivity index (χ3n) is 9.85. The van der Waals surface area contributed by atoms with E-state index in [-0.39, 0.29) is 12.0 Å². The van der Waals surface area contributed by atoms with E-state index in [2.05, 4.69) is 70.9 Å². The first kappa shape index (κ1) is 27.4. The van der Waals surface area contributed by atoms with Crippen molar-refractivity contribution in [2.75, 3.05) is 19.6 Å². The van der Waals surface area contributed by atoms with Crippen molar-refractivity contribution in [3.63, 3.8) is 0 Å². The summed E-state index contributed by atoms with van der Waals surface area (Å²) < 4.78 is 0. The number of nitrogens with zero attached hydrogens (tertiary/aromatic N) is 1. The molecule has 2 N–H and O–H groups in total. The number of benzene rings is 2. The monoisotopic (exact) mass is 516 g/mol. The Balaban J connectivity index is 1.14. The van der Waals surface area contributed by atoms with Gasteiger partial charge in [0.05, 0.1) is 0 Å². The zero-order valence-corrected chi connectivity index (χ0v) is 23.1.